The fraction of sp³-hybridized carbons (Fsp3) is 0.188. The van der Waals surface area contributed by atoms with Gasteiger partial charge in [0.15, 0.2) is 0 Å². The van der Waals surface area contributed by atoms with Crippen molar-refractivity contribution in [2.75, 3.05) is 11.9 Å². The van der Waals surface area contributed by atoms with E-state index in [1.165, 1.54) is 0 Å². The Morgan fingerprint density at radius 3 is 3.05 bits per heavy atom. The van der Waals surface area contributed by atoms with E-state index < -0.39 is 0 Å². The molecule has 1 atom stereocenters. The zero-order valence-corrected chi connectivity index (χ0v) is 11.6. The summed E-state index contributed by atoms with van der Waals surface area (Å²) < 4.78 is 7.69. The van der Waals surface area contributed by atoms with Gasteiger partial charge in [0.2, 0.25) is 0 Å². The van der Waals surface area contributed by atoms with Gasteiger partial charge in [-0.2, -0.15) is 0 Å². The molecule has 0 fully saturated rings. The van der Waals surface area contributed by atoms with Crippen LogP contribution < -0.4 is 15.6 Å². The molecule has 0 aliphatic carbocycles. The number of hydrogen-bond donors (Lipinski definition) is 2. The Balaban J connectivity index is 1.84. The predicted molar refractivity (Wildman–Crippen MR) is 81.8 cm³/mol. The van der Waals surface area contributed by atoms with Gasteiger partial charge in [-0.25, -0.2) is 0 Å². The molecule has 1 aromatic carbocycles. The standard InChI is InChI=1S/C16H15N3O2/c1-19-9-11(10-6-7-17-15(10)16(19)20)14-8-18-12-4-2-3-5-13(12)21-14/h2-7,9,14,17-18H,8H2,1H3. The van der Waals surface area contributed by atoms with E-state index in [0.29, 0.717) is 12.1 Å². The second-order valence-electron chi connectivity index (χ2n) is 5.25. The van der Waals surface area contributed by atoms with E-state index in [4.69, 9.17) is 4.74 Å². The smallest absolute Gasteiger partial charge is 0.274 e. The monoisotopic (exact) mass is 281 g/mol. The van der Waals surface area contributed by atoms with Gasteiger partial charge in [-0.3, -0.25) is 4.79 Å². The van der Waals surface area contributed by atoms with Crippen LogP contribution in [0.2, 0.25) is 0 Å². The molecule has 1 unspecified atom stereocenters. The summed E-state index contributed by atoms with van der Waals surface area (Å²) in [5, 5.41) is 4.30. The van der Waals surface area contributed by atoms with Crippen molar-refractivity contribution in [1.82, 2.24) is 9.55 Å². The van der Waals surface area contributed by atoms with E-state index in [2.05, 4.69) is 10.3 Å². The van der Waals surface area contributed by atoms with Crippen LogP contribution in [0.4, 0.5) is 5.69 Å². The summed E-state index contributed by atoms with van der Waals surface area (Å²) in [6.07, 6.45) is 3.53. The van der Waals surface area contributed by atoms with Crippen LogP contribution in [0.3, 0.4) is 0 Å². The predicted octanol–water partition coefficient (Wildman–Crippen LogP) is 2.41. The largest absolute Gasteiger partial charge is 0.482 e. The highest BCUT2D eigenvalue weighted by Gasteiger charge is 2.23. The van der Waals surface area contributed by atoms with Gasteiger partial charge in [0.05, 0.1) is 12.2 Å². The highest BCUT2D eigenvalue weighted by Crippen LogP contribution is 2.35. The molecule has 21 heavy (non-hydrogen) atoms. The van der Waals surface area contributed by atoms with Gasteiger partial charge in [-0.05, 0) is 18.2 Å². The molecule has 4 rings (SSSR count). The van der Waals surface area contributed by atoms with Crippen molar-refractivity contribution in [3.63, 3.8) is 0 Å². The number of pyridine rings is 1. The number of fused-ring (bicyclic) bond motifs is 2. The van der Waals surface area contributed by atoms with Crippen LogP contribution in [0.5, 0.6) is 5.75 Å². The first-order chi connectivity index (χ1) is 10.2. The molecule has 1 aliphatic rings. The maximum absolute atomic E-state index is 12.1. The highest BCUT2D eigenvalue weighted by molar-refractivity contribution is 5.82. The first-order valence-electron chi connectivity index (χ1n) is 6.90. The Labute approximate surface area is 121 Å². The van der Waals surface area contributed by atoms with Gasteiger partial charge in [-0.1, -0.05) is 12.1 Å². The fourth-order valence-corrected chi connectivity index (χ4v) is 2.84. The van der Waals surface area contributed by atoms with Gasteiger partial charge in [-0.15, -0.1) is 0 Å². The second kappa shape index (κ2) is 4.41. The Morgan fingerprint density at radius 1 is 1.29 bits per heavy atom. The van der Waals surface area contributed by atoms with Crippen LogP contribution in [-0.2, 0) is 7.05 Å². The quantitative estimate of drug-likeness (QED) is 0.720. The van der Waals surface area contributed by atoms with Gasteiger partial charge in [0.1, 0.15) is 17.4 Å². The van der Waals surface area contributed by atoms with E-state index in [9.17, 15) is 4.79 Å². The Kier molecular flexibility index (Phi) is 2.54. The third-order valence-electron chi connectivity index (χ3n) is 3.91. The van der Waals surface area contributed by atoms with Crippen molar-refractivity contribution in [3.05, 3.63) is 58.6 Å². The zero-order chi connectivity index (χ0) is 14.4. The van der Waals surface area contributed by atoms with Gasteiger partial charge in [0, 0.05) is 30.4 Å². The number of ether oxygens (including phenoxy) is 1. The maximum Gasteiger partial charge on any atom is 0.274 e. The number of anilines is 1. The van der Waals surface area contributed by atoms with E-state index in [-0.39, 0.29) is 11.7 Å². The molecule has 0 spiro atoms. The van der Waals surface area contributed by atoms with Gasteiger partial charge < -0.3 is 19.6 Å². The average molecular weight is 281 g/mol. The summed E-state index contributed by atoms with van der Waals surface area (Å²) in [6.45, 7) is 0.676. The van der Waals surface area contributed by atoms with E-state index in [0.717, 1.165) is 22.4 Å². The molecule has 0 saturated heterocycles. The van der Waals surface area contributed by atoms with Crippen LogP contribution in [0, 0.1) is 0 Å². The van der Waals surface area contributed by atoms with Crippen molar-refractivity contribution in [1.29, 1.82) is 0 Å². The molecule has 2 N–H and O–H groups in total. The fourth-order valence-electron chi connectivity index (χ4n) is 2.84. The number of para-hydroxylation sites is 2. The summed E-state index contributed by atoms with van der Waals surface area (Å²) in [5.74, 6) is 0.839. The Morgan fingerprint density at radius 2 is 2.14 bits per heavy atom. The molecular formula is C16H15N3O2. The SMILES string of the molecule is Cn1cc(C2CNc3ccccc3O2)c2cc[nH]c2c1=O. The number of benzene rings is 1. The number of H-pyrrole nitrogens is 1. The van der Waals surface area contributed by atoms with Crippen molar-refractivity contribution in [3.8, 4) is 5.75 Å². The lowest BCUT2D eigenvalue weighted by molar-refractivity contribution is 0.211. The molecule has 3 heterocycles. The highest BCUT2D eigenvalue weighted by atomic mass is 16.5. The molecule has 1 aliphatic heterocycles. The molecule has 2 aromatic heterocycles. The second-order valence-corrected chi connectivity index (χ2v) is 5.25. The summed E-state index contributed by atoms with van der Waals surface area (Å²) >= 11 is 0. The number of nitrogens with zero attached hydrogens (tertiary/aromatic N) is 1. The number of aryl methyl sites for hydroxylation is 1. The maximum atomic E-state index is 12.1. The minimum Gasteiger partial charge on any atom is -0.482 e. The lowest BCUT2D eigenvalue weighted by atomic mass is 10.1. The van der Waals surface area contributed by atoms with Crippen molar-refractivity contribution in [2.24, 2.45) is 7.05 Å². The lowest BCUT2D eigenvalue weighted by Gasteiger charge is -2.28. The summed E-state index contributed by atoms with van der Waals surface area (Å²) in [5.41, 5.74) is 2.61. The summed E-state index contributed by atoms with van der Waals surface area (Å²) in [7, 11) is 1.76. The van der Waals surface area contributed by atoms with Crippen LogP contribution in [0.1, 0.15) is 11.7 Å². The van der Waals surface area contributed by atoms with Gasteiger partial charge in [0.25, 0.3) is 5.56 Å². The number of hydrogen-bond acceptors (Lipinski definition) is 3. The van der Waals surface area contributed by atoms with Gasteiger partial charge >= 0.3 is 0 Å². The Bertz CT molecular complexity index is 879. The van der Waals surface area contributed by atoms with E-state index in [1.54, 1.807) is 17.8 Å². The first-order valence-corrected chi connectivity index (χ1v) is 6.90. The topological polar surface area (TPSA) is 59.1 Å². The van der Waals surface area contributed by atoms with Crippen LogP contribution in [0.15, 0.2) is 47.5 Å². The minimum atomic E-state index is -0.120. The van der Waals surface area contributed by atoms with E-state index in [1.807, 2.05) is 36.5 Å². The zero-order valence-electron chi connectivity index (χ0n) is 11.6. The van der Waals surface area contributed by atoms with Crippen LogP contribution in [0.25, 0.3) is 10.9 Å². The number of aromatic nitrogens is 2. The third-order valence-corrected chi connectivity index (χ3v) is 3.91. The van der Waals surface area contributed by atoms with Crippen molar-refractivity contribution < 1.29 is 4.74 Å². The third kappa shape index (κ3) is 1.81. The number of aromatic amines is 1. The molecular weight excluding hydrogens is 266 g/mol. The van der Waals surface area contributed by atoms with Crippen molar-refractivity contribution >= 4 is 16.6 Å². The van der Waals surface area contributed by atoms with E-state index >= 15 is 0 Å². The molecule has 0 saturated carbocycles. The normalized spacial score (nSPS) is 17.1. The molecule has 106 valence electrons. The molecule has 3 aromatic rings. The van der Waals surface area contributed by atoms with Crippen LogP contribution >= 0.6 is 0 Å². The number of nitrogens with one attached hydrogen (secondary N) is 2. The Hall–Kier alpha value is -2.69. The van der Waals surface area contributed by atoms with Crippen LogP contribution in [-0.4, -0.2) is 16.1 Å². The summed E-state index contributed by atoms with van der Waals surface area (Å²) in [4.78, 5) is 15.1. The molecule has 5 heteroatoms. The molecule has 0 radical (unpaired) electrons. The average Bonchev–Trinajstić information content (AvgIpc) is 3.00. The first kappa shape index (κ1) is 12.1. The molecule has 5 nitrogen and oxygen atoms in total. The summed E-state index contributed by atoms with van der Waals surface area (Å²) in [6, 6.07) is 9.81. The molecule has 0 bridgehead atoms. The minimum absolute atomic E-state index is 0.0251. The lowest BCUT2D eigenvalue weighted by Crippen LogP contribution is -2.26. The number of rotatable bonds is 1. The molecule has 0 amide bonds. The van der Waals surface area contributed by atoms with Crippen molar-refractivity contribution in [2.45, 2.75) is 6.10 Å².